The highest BCUT2D eigenvalue weighted by Crippen LogP contribution is 2.24. The van der Waals surface area contributed by atoms with Gasteiger partial charge in [0.15, 0.2) is 12.0 Å². The zero-order valence-corrected chi connectivity index (χ0v) is 17.1. The quantitative estimate of drug-likeness (QED) is 0.411. The van der Waals surface area contributed by atoms with Gasteiger partial charge in [-0.3, -0.25) is 15.8 Å². The summed E-state index contributed by atoms with van der Waals surface area (Å²) in [5, 5.41) is 17.5. The van der Waals surface area contributed by atoms with Crippen LogP contribution in [0.4, 0.5) is 5.69 Å². The Hall–Kier alpha value is -2.87. The molecule has 2 unspecified atom stereocenters. The van der Waals surface area contributed by atoms with Gasteiger partial charge in [-0.05, 0) is 64.1 Å². The topological polar surface area (TPSA) is 112 Å². The first kappa shape index (κ1) is 20.9. The van der Waals surface area contributed by atoms with Crippen LogP contribution >= 0.6 is 0 Å². The summed E-state index contributed by atoms with van der Waals surface area (Å²) >= 11 is 0. The number of ether oxygens (including phenoxy) is 1. The highest BCUT2D eigenvalue weighted by Gasteiger charge is 2.34. The van der Waals surface area contributed by atoms with Gasteiger partial charge in [0.2, 0.25) is 0 Å². The number of carbonyl (C=O) groups is 1. The fourth-order valence-corrected chi connectivity index (χ4v) is 3.19. The molecule has 1 aromatic heterocycles. The number of aromatic nitrogens is 1. The van der Waals surface area contributed by atoms with Crippen LogP contribution in [-0.4, -0.2) is 33.5 Å². The molecule has 2 atom stereocenters. The van der Waals surface area contributed by atoms with Crippen molar-refractivity contribution in [1.82, 2.24) is 10.3 Å². The number of benzene rings is 2. The molecule has 0 saturated heterocycles. The van der Waals surface area contributed by atoms with Crippen molar-refractivity contribution >= 4 is 22.5 Å². The van der Waals surface area contributed by atoms with Gasteiger partial charge in [0.25, 0.3) is 5.91 Å². The van der Waals surface area contributed by atoms with Crippen LogP contribution in [0.1, 0.15) is 38.1 Å². The molecule has 0 aliphatic heterocycles. The van der Waals surface area contributed by atoms with Crippen LogP contribution in [0, 0.1) is 0 Å². The van der Waals surface area contributed by atoms with Crippen molar-refractivity contribution in [2.75, 3.05) is 5.32 Å². The summed E-state index contributed by atoms with van der Waals surface area (Å²) in [6.07, 6.45) is 0.793. The molecule has 0 spiro atoms. The number of H-pyrrole nitrogens is 1. The molecule has 7 heteroatoms. The van der Waals surface area contributed by atoms with Crippen LogP contribution in [0.3, 0.4) is 0 Å². The van der Waals surface area contributed by atoms with Crippen LogP contribution in [0.2, 0.25) is 0 Å². The van der Waals surface area contributed by atoms with Gasteiger partial charge in [-0.2, -0.15) is 0 Å². The average Bonchev–Trinajstić information content (AvgIpc) is 3.09. The number of nitrogens with two attached hydrogens (primary N) is 1. The van der Waals surface area contributed by atoms with Crippen molar-refractivity contribution in [3.05, 3.63) is 60.3 Å². The van der Waals surface area contributed by atoms with Crippen molar-refractivity contribution in [3.8, 4) is 5.75 Å². The first-order chi connectivity index (χ1) is 13.5. The summed E-state index contributed by atoms with van der Waals surface area (Å²) in [6.45, 7) is 7.32. The van der Waals surface area contributed by atoms with Crippen LogP contribution in [0.5, 0.6) is 5.75 Å². The molecule has 7 nitrogen and oxygen atoms in total. The van der Waals surface area contributed by atoms with Crippen molar-refractivity contribution in [2.45, 2.75) is 45.2 Å². The number of nitrogens with one attached hydrogen (secondary N) is 3. The largest absolute Gasteiger partial charge is 0.471 e. The van der Waals surface area contributed by atoms with E-state index in [4.69, 9.17) is 10.5 Å². The maximum absolute atomic E-state index is 12.7. The van der Waals surface area contributed by atoms with E-state index in [1.807, 2.05) is 51.2 Å². The number of amides is 1. The Bertz CT molecular complexity index is 1000. The second kappa shape index (κ2) is 7.87. The number of hydrogen-bond acceptors (Lipinski definition) is 5. The lowest BCUT2D eigenvalue weighted by Crippen LogP contribution is -2.63. The Morgan fingerprint density at radius 1 is 1.14 bits per heavy atom. The number of hydrogen-bond donors (Lipinski definition) is 5. The Morgan fingerprint density at radius 3 is 2.59 bits per heavy atom. The molecular formula is C22H28N4O3. The van der Waals surface area contributed by atoms with Crippen LogP contribution in [0.25, 0.3) is 10.9 Å². The van der Waals surface area contributed by atoms with Gasteiger partial charge in [0, 0.05) is 28.2 Å². The number of aromatic amines is 1. The highest BCUT2D eigenvalue weighted by atomic mass is 16.5. The molecule has 0 bridgehead atoms. The molecule has 2 aromatic carbocycles. The fraction of sp³-hybridized carbons (Fsp3) is 0.318. The molecule has 3 rings (SSSR count). The maximum Gasteiger partial charge on any atom is 0.255 e. The Balaban J connectivity index is 1.73. The zero-order chi connectivity index (χ0) is 21.2. The van der Waals surface area contributed by atoms with Gasteiger partial charge < -0.3 is 20.1 Å². The molecule has 6 N–H and O–H groups in total. The Kier molecular flexibility index (Phi) is 5.66. The Morgan fingerprint density at radius 2 is 1.86 bits per heavy atom. The predicted octanol–water partition coefficient (Wildman–Crippen LogP) is 3.18. The van der Waals surface area contributed by atoms with Gasteiger partial charge in [-0.15, -0.1) is 0 Å². The number of rotatable bonds is 6. The minimum Gasteiger partial charge on any atom is -0.471 e. The minimum atomic E-state index is -1.46. The maximum atomic E-state index is 12.7. The van der Waals surface area contributed by atoms with Crippen molar-refractivity contribution in [1.29, 1.82) is 0 Å². The van der Waals surface area contributed by atoms with E-state index in [0.717, 1.165) is 10.9 Å². The van der Waals surface area contributed by atoms with E-state index >= 15 is 0 Å². The first-order valence-electron chi connectivity index (χ1n) is 9.47. The molecule has 154 valence electrons. The molecule has 29 heavy (non-hydrogen) atoms. The van der Waals surface area contributed by atoms with Gasteiger partial charge in [0.05, 0.1) is 5.69 Å². The number of carbonyl (C=O) groups excluding carboxylic acids is 1. The van der Waals surface area contributed by atoms with Crippen molar-refractivity contribution in [3.63, 3.8) is 0 Å². The molecule has 0 aliphatic carbocycles. The number of anilines is 1. The number of fused-ring (bicyclic) bond motifs is 1. The van der Waals surface area contributed by atoms with Crippen molar-refractivity contribution in [2.24, 2.45) is 5.73 Å². The monoisotopic (exact) mass is 396 g/mol. The van der Waals surface area contributed by atoms with Crippen LogP contribution in [-0.2, 0) is 0 Å². The summed E-state index contributed by atoms with van der Waals surface area (Å²) in [7, 11) is 0. The normalized spacial score (nSPS) is 15.0. The molecule has 0 saturated carbocycles. The summed E-state index contributed by atoms with van der Waals surface area (Å²) < 4.78 is 5.70. The van der Waals surface area contributed by atoms with Gasteiger partial charge in [-0.25, -0.2) is 0 Å². The second-order valence-corrected chi connectivity index (χ2v) is 8.29. The summed E-state index contributed by atoms with van der Waals surface area (Å²) in [4.78, 5) is 15.9. The fourth-order valence-electron chi connectivity index (χ4n) is 3.19. The van der Waals surface area contributed by atoms with E-state index in [1.165, 1.54) is 0 Å². The van der Waals surface area contributed by atoms with Crippen LogP contribution < -0.4 is 21.1 Å². The molecule has 0 radical (unpaired) electrons. The molecule has 0 aliphatic rings. The first-order valence-corrected chi connectivity index (χ1v) is 9.47. The highest BCUT2D eigenvalue weighted by molar-refractivity contribution is 6.08. The number of aliphatic hydroxyl groups is 1. The molecule has 1 heterocycles. The lowest BCUT2D eigenvalue weighted by molar-refractivity contribution is -0.0847. The van der Waals surface area contributed by atoms with Crippen molar-refractivity contribution < 1.29 is 14.6 Å². The summed E-state index contributed by atoms with van der Waals surface area (Å²) in [5.41, 5.74) is 6.32. The molecular weight excluding hydrogens is 368 g/mol. The van der Waals surface area contributed by atoms with E-state index in [2.05, 4.69) is 15.6 Å². The lowest BCUT2D eigenvalue weighted by atomic mass is 10.1. The zero-order valence-electron chi connectivity index (χ0n) is 17.1. The molecule has 0 fully saturated rings. The molecule has 1 amide bonds. The third-order valence-electron chi connectivity index (χ3n) is 4.38. The predicted molar refractivity (Wildman–Crippen MR) is 115 cm³/mol. The van der Waals surface area contributed by atoms with E-state index in [1.54, 1.807) is 31.2 Å². The standard InChI is InChI=1S/C22H28N4O3/c1-21(2,3)26-22(4,28)20(23)29-15-8-5-7-14(13-15)19(27)25-18-10-6-9-17-16(18)11-12-24-17/h5-13,20,24,26,28H,23H2,1-4H3,(H,25,27). The van der Waals surface area contributed by atoms with Gasteiger partial charge >= 0.3 is 0 Å². The van der Waals surface area contributed by atoms with E-state index in [9.17, 15) is 9.90 Å². The van der Waals surface area contributed by atoms with Crippen LogP contribution in [0.15, 0.2) is 54.7 Å². The van der Waals surface area contributed by atoms with E-state index < -0.39 is 12.0 Å². The second-order valence-electron chi connectivity index (χ2n) is 8.29. The van der Waals surface area contributed by atoms with Gasteiger partial charge in [0.1, 0.15) is 5.75 Å². The lowest BCUT2D eigenvalue weighted by Gasteiger charge is -2.37. The third-order valence-corrected chi connectivity index (χ3v) is 4.38. The van der Waals surface area contributed by atoms with E-state index in [0.29, 0.717) is 17.0 Å². The molecule has 3 aromatic rings. The average molecular weight is 396 g/mol. The third kappa shape index (κ3) is 5.14. The summed E-state index contributed by atoms with van der Waals surface area (Å²) in [6, 6.07) is 14.3. The van der Waals surface area contributed by atoms with Gasteiger partial charge in [-0.1, -0.05) is 12.1 Å². The smallest absolute Gasteiger partial charge is 0.255 e. The summed E-state index contributed by atoms with van der Waals surface area (Å²) in [5.74, 6) is 0.123. The minimum absolute atomic E-state index is 0.266. The SMILES string of the molecule is CC(C)(C)NC(C)(O)C(N)Oc1cccc(C(=O)Nc2cccc3[nH]ccc23)c1. The Labute approximate surface area is 170 Å². The van der Waals surface area contributed by atoms with E-state index in [-0.39, 0.29) is 11.4 Å².